The number of aryl methyl sites for hydroxylation is 1. The van der Waals surface area contributed by atoms with Crippen LogP contribution in [0.4, 0.5) is 0 Å². The zero-order valence-electron chi connectivity index (χ0n) is 8.88. The first-order valence-corrected chi connectivity index (χ1v) is 5.72. The average molecular weight is 193 g/mol. The van der Waals surface area contributed by atoms with Crippen molar-refractivity contribution in [1.29, 1.82) is 0 Å². The highest BCUT2D eigenvalue weighted by Crippen LogP contribution is 2.24. The van der Waals surface area contributed by atoms with E-state index in [-0.39, 0.29) is 0 Å². The second-order valence-corrected chi connectivity index (χ2v) is 4.06. The Kier molecular flexibility index (Phi) is 3.25. The van der Waals surface area contributed by atoms with Gasteiger partial charge in [-0.15, -0.1) is 0 Å². The molecule has 1 N–H and O–H groups in total. The van der Waals surface area contributed by atoms with Crippen LogP contribution in [0.2, 0.25) is 0 Å². The van der Waals surface area contributed by atoms with Crippen molar-refractivity contribution in [2.24, 2.45) is 0 Å². The molecular formula is C12H19NO. The fraction of sp³-hybridized carbons (Fsp3) is 0.667. The molecule has 0 amide bonds. The summed E-state index contributed by atoms with van der Waals surface area (Å²) in [7, 11) is 0. The fourth-order valence-corrected chi connectivity index (χ4v) is 2.06. The lowest BCUT2D eigenvalue weighted by Gasteiger charge is -2.21. The summed E-state index contributed by atoms with van der Waals surface area (Å²) in [6.45, 7) is 3.32. The Morgan fingerprint density at radius 1 is 1.43 bits per heavy atom. The van der Waals surface area contributed by atoms with Crippen molar-refractivity contribution in [2.45, 2.75) is 45.1 Å². The zero-order chi connectivity index (χ0) is 9.80. The van der Waals surface area contributed by atoms with Gasteiger partial charge < -0.3 is 9.73 Å². The Balaban J connectivity index is 2.00. The normalized spacial score (nSPS) is 22.5. The summed E-state index contributed by atoms with van der Waals surface area (Å²) < 4.78 is 5.80. The van der Waals surface area contributed by atoms with Gasteiger partial charge in [0.15, 0.2) is 0 Å². The van der Waals surface area contributed by atoms with Crippen molar-refractivity contribution in [3.8, 4) is 0 Å². The van der Waals surface area contributed by atoms with E-state index in [1.807, 2.05) is 0 Å². The smallest absolute Gasteiger partial charge is 0.121 e. The van der Waals surface area contributed by atoms with Gasteiger partial charge in [-0.05, 0) is 37.9 Å². The summed E-state index contributed by atoms with van der Waals surface area (Å²) in [6.07, 6.45) is 6.07. The Hall–Kier alpha value is -0.760. The number of furan rings is 1. The highest BCUT2D eigenvalue weighted by molar-refractivity contribution is 5.11. The van der Waals surface area contributed by atoms with E-state index in [1.54, 1.807) is 0 Å². The third-order valence-corrected chi connectivity index (χ3v) is 2.83. The van der Waals surface area contributed by atoms with E-state index >= 15 is 0 Å². The van der Waals surface area contributed by atoms with Gasteiger partial charge in [0.2, 0.25) is 0 Å². The standard InChI is InChI=1S/C12H19NO/c1-2-5-10-7-8-12(14-10)11-6-3-4-9-13-11/h7-8,11,13H,2-6,9H2,1H3. The molecule has 14 heavy (non-hydrogen) atoms. The van der Waals surface area contributed by atoms with Crippen LogP contribution in [0.25, 0.3) is 0 Å². The number of hydrogen-bond acceptors (Lipinski definition) is 2. The maximum Gasteiger partial charge on any atom is 0.121 e. The molecule has 1 unspecified atom stereocenters. The Bertz CT molecular complexity index is 274. The molecule has 1 atom stereocenters. The Morgan fingerprint density at radius 3 is 3.07 bits per heavy atom. The molecule has 1 fully saturated rings. The minimum atomic E-state index is 0.467. The molecule has 78 valence electrons. The lowest BCUT2D eigenvalue weighted by Crippen LogP contribution is -2.26. The summed E-state index contributed by atoms with van der Waals surface area (Å²) in [5.41, 5.74) is 0. The van der Waals surface area contributed by atoms with Gasteiger partial charge >= 0.3 is 0 Å². The Morgan fingerprint density at radius 2 is 2.36 bits per heavy atom. The van der Waals surface area contributed by atoms with Crippen LogP contribution in [0.3, 0.4) is 0 Å². The second kappa shape index (κ2) is 4.65. The fourth-order valence-electron chi connectivity index (χ4n) is 2.06. The zero-order valence-corrected chi connectivity index (χ0v) is 8.88. The van der Waals surface area contributed by atoms with Gasteiger partial charge in [0, 0.05) is 6.42 Å². The van der Waals surface area contributed by atoms with E-state index in [9.17, 15) is 0 Å². The van der Waals surface area contributed by atoms with Gasteiger partial charge in [-0.1, -0.05) is 13.3 Å². The molecule has 0 radical (unpaired) electrons. The summed E-state index contributed by atoms with van der Waals surface area (Å²) >= 11 is 0. The molecule has 0 spiro atoms. The van der Waals surface area contributed by atoms with Gasteiger partial charge in [0.1, 0.15) is 11.5 Å². The lowest BCUT2D eigenvalue weighted by molar-refractivity contribution is 0.339. The molecular weight excluding hydrogens is 174 g/mol. The van der Waals surface area contributed by atoms with E-state index in [1.165, 1.54) is 19.3 Å². The predicted molar refractivity (Wildman–Crippen MR) is 57.3 cm³/mol. The van der Waals surface area contributed by atoms with Crippen molar-refractivity contribution in [2.75, 3.05) is 6.54 Å². The first-order chi connectivity index (χ1) is 6.90. The molecule has 0 aromatic carbocycles. The van der Waals surface area contributed by atoms with Crippen LogP contribution in [0.15, 0.2) is 16.5 Å². The summed E-state index contributed by atoms with van der Waals surface area (Å²) in [5.74, 6) is 2.27. The van der Waals surface area contributed by atoms with Crippen LogP contribution in [0, 0.1) is 0 Å². The topological polar surface area (TPSA) is 25.2 Å². The van der Waals surface area contributed by atoms with E-state index in [0.29, 0.717) is 6.04 Å². The second-order valence-electron chi connectivity index (χ2n) is 4.06. The summed E-state index contributed by atoms with van der Waals surface area (Å²) in [5, 5.41) is 3.50. The monoisotopic (exact) mass is 193 g/mol. The van der Waals surface area contributed by atoms with Gasteiger partial charge in [-0.2, -0.15) is 0 Å². The first-order valence-electron chi connectivity index (χ1n) is 5.72. The van der Waals surface area contributed by atoms with Crippen molar-refractivity contribution in [3.05, 3.63) is 23.7 Å². The molecule has 1 aromatic heterocycles. The van der Waals surface area contributed by atoms with Crippen molar-refractivity contribution in [1.82, 2.24) is 5.32 Å². The van der Waals surface area contributed by atoms with E-state index in [2.05, 4.69) is 24.4 Å². The van der Waals surface area contributed by atoms with Crippen molar-refractivity contribution >= 4 is 0 Å². The molecule has 0 saturated carbocycles. The highest BCUT2D eigenvalue weighted by atomic mass is 16.3. The largest absolute Gasteiger partial charge is 0.464 e. The molecule has 2 nitrogen and oxygen atoms in total. The van der Waals surface area contributed by atoms with Gasteiger partial charge in [-0.3, -0.25) is 0 Å². The van der Waals surface area contributed by atoms with Crippen LogP contribution in [-0.2, 0) is 6.42 Å². The molecule has 0 bridgehead atoms. The van der Waals surface area contributed by atoms with Gasteiger partial charge in [-0.25, -0.2) is 0 Å². The van der Waals surface area contributed by atoms with Crippen LogP contribution in [0.5, 0.6) is 0 Å². The SMILES string of the molecule is CCCc1ccc(C2CCCCN2)o1. The van der Waals surface area contributed by atoms with Crippen LogP contribution in [-0.4, -0.2) is 6.54 Å². The third-order valence-electron chi connectivity index (χ3n) is 2.83. The highest BCUT2D eigenvalue weighted by Gasteiger charge is 2.17. The van der Waals surface area contributed by atoms with Crippen LogP contribution >= 0.6 is 0 Å². The number of rotatable bonds is 3. The van der Waals surface area contributed by atoms with Gasteiger partial charge in [0.05, 0.1) is 6.04 Å². The lowest BCUT2D eigenvalue weighted by atomic mass is 10.0. The minimum Gasteiger partial charge on any atom is -0.464 e. The maximum absolute atomic E-state index is 5.80. The molecule has 2 heterocycles. The minimum absolute atomic E-state index is 0.467. The number of piperidine rings is 1. The molecule has 0 aliphatic carbocycles. The molecule has 1 aromatic rings. The van der Waals surface area contributed by atoms with E-state index in [4.69, 9.17) is 4.42 Å². The molecule has 2 heteroatoms. The third kappa shape index (κ3) is 2.18. The van der Waals surface area contributed by atoms with Crippen LogP contribution < -0.4 is 5.32 Å². The van der Waals surface area contributed by atoms with Gasteiger partial charge in [0.25, 0.3) is 0 Å². The number of nitrogens with one attached hydrogen (secondary N) is 1. The van der Waals surface area contributed by atoms with Crippen LogP contribution in [0.1, 0.15) is 50.2 Å². The number of hydrogen-bond donors (Lipinski definition) is 1. The molecule has 1 aliphatic heterocycles. The predicted octanol–water partition coefficient (Wildman–Crippen LogP) is 3.05. The quantitative estimate of drug-likeness (QED) is 0.798. The average Bonchev–Trinajstić information content (AvgIpc) is 2.68. The maximum atomic E-state index is 5.80. The van der Waals surface area contributed by atoms with Crippen molar-refractivity contribution < 1.29 is 4.42 Å². The molecule has 1 saturated heterocycles. The van der Waals surface area contributed by atoms with E-state index in [0.717, 1.165) is 30.9 Å². The first kappa shape index (κ1) is 9.78. The molecule has 2 rings (SSSR count). The van der Waals surface area contributed by atoms with Crippen molar-refractivity contribution in [3.63, 3.8) is 0 Å². The van der Waals surface area contributed by atoms with E-state index < -0.39 is 0 Å². The summed E-state index contributed by atoms with van der Waals surface area (Å²) in [6, 6.07) is 4.72. The molecule has 1 aliphatic rings. The summed E-state index contributed by atoms with van der Waals surface area (Å²) in [4.78, 5) is 0. The Labute approximate surface area is 85.7 Å².